The lowest BCUT2D eigenvalue weighted by Gasteiger charge is -2.44. The highest BCUT2D eigenvalue weighted by Crippen LogP contribution is 2.34. The fraction of sp³-hybridized carbons (Fsp3) is 0.643. The summed E-state index contributed by atoms with van der Waals surface area (Å²) in [5, 5.41) is 0. The van der Waals surface area contributed by atoms with Crippen LogP contribution in [0.5, 0.6) is 5.88 Å². The Bertz CT molecular complexity index is 450. The Hall–Kier alpha value is -1.49. The van der Waals surface area contributed by atoms with Crippen LogP contribution >= 0.6 is 0 Å². The molecule has 0 aromatic carbocycles. The van der Waals surface area contributed by atoms with E-state index in [2.05, 4.69) is 9.88 Å². The summed E-state index contributed by atoms with van der Waals surface area (Å²) < 4.78 is 11.1. The van der Waals surface area contributed by atoms with Gasteiger partial charge in [0.2, 0.25) is 5.88 Å². The van der Waals surface area contributed by atoms with Gasteiger partial charge < -0.3 is 20.1 Å². The van der Waals surface area contributed by atoms with Gasteiger partial charge in [-0.25, -0.2) is 0 Å². The van der Waals surface area contributed by atoms with Gasteiger partial charge in [-0.3, -0.25) is 0 Å². The lowest BCUT2D eigenvalue weighted by molar-refractivity contribution is -0.00895. The summed E-state index contributed by atoms with van der Waals surface area (Å²) in [5.74, 6) is 1.46. The van der Waals surface area contributed by atoms with Crippen molar-refractivity contribution in [3.05, 3.63) is 12.1 Å². The Morgan fingerprint density at radius 2 is 2.21 bits per heavy atom. The van der Waals surface area contributed by atoms with Gasteiger partial charge in [0.05, 0.1) is 31.5 Å². The molecule has 1 aliphatic carbocycles. The van der Waals surface area contributed by atoms with Crippen molar-refractivity contribution in [3.8, 4) is 5.88 Å². The van der Waals surface area contributed by atoms with Crippen LogP contribution in [0.3, 0.4) is 0 Å². The summed E-state index contributed by atoms with van der Waals surface area (Å²) in [6.45, 7) is 1.60. The molecule has 104 valence electrons. The summed E-state index contributed by atoms with van der Waals surface area (Å²) in [6.07, 6.45) is 5.14. The number of anilines is 2. The first-order valence-corrected chi connectivity index (χ1v) is 6.98. The number of hydrogen-bond donors (Lipinski definition) is 1. The highest BCUT2D eigenvalue weighted by molar-refractivity contribution is 5.64. The summed E-state index contributed by atoms with van der Waals surface area (Å²) in [6, 6.07) is 4.08. The first-order valence-electron chi connectivity index (χ1n) is 6.98. The van der Waals surface area contributed by atoms with E-state index in [1.165, 1.54) is 12.8 Å². The number of methoxy groups -OCH3 is 1. The van der Waals surface area contributed by atoms with Crippen LogP contribution in [-0.4, -0.2) is 37.4 Å². The highest BCUT2D eigenvalue weighted by Gasteiger charge is 2.35. The van der Waals surface area contributed by atoms with Gasteiger partial charge >= 0.3 is 0 Å². The van der Waals surface area contributed by atoms with E-state index in [1.807, 2.05) is 6.07 Å². The molecular formula is C14H21N3O2. The maximum absolute atomic E-state index is 6.10. The number of nitrogens with two attached hydrogens (primary N) is 1. The Kier molecular flexibility index (Phi) is 3.46. The summed E-state index contributed by atoms with van der Waals surface area (Å²) in [5.41, 5.74) is 6.81. The molecule has 1 aliphatic heterocycles. The van der Waals surface area contributed by atoms with Gasteiger partial charge in [-0.2, -0.15) is 4.98 Å². The minimum Gasteiger partial charge on any atom is -0.481 e. The van der Waals surface area contributed by atoms with E-state index in [0.717, 1.165) is 31.8 Å². The molecular weight excluding hydrogens is 242 g/mol. The van der Waals surface area contributed by atoms with Crippen LogP contribution in [0.15, 0.2) is 12.1 Å². The molecule has 1 aromatic rings. The quantitative estimate of drug-likeness (QED) is 0.882. The lowest BCUT2D eigenvalue weighted by atomic mass is 9.90. The fourth-order valence-corrected chi connectivity index (χ4v) is 3.14. The van der Waals surface area contributed by atoms with E-state index in [1.54, 1.807) is 13.2 Å². The van der Waals surface area contributed by atoms with Gasteiger partial charge in [0.15, 0.2) is 5.82 Å². The third-order valence-corrected chi connectivity index (χ3v) is 4.09. The molecule has 3 rings (SSSR count). The smallest absolute Gasteiger partial charge is 0.215 e. The molecule has 2 atom stereocenters. The molecule has 1 aromatic heterocycles. The second kappa shape index (κ2) is 5.25. The average molecular weight is 263 g/mol. The predicted molar refractivity (Wildman–Crippen MR) is 74.5 cm³/mol. The Morgan fingerprint density at radius 1 is 1.37 bits per heavy atom. The third-order valence-electron chi connectivity index (χ3n) is 4.09. The molecule has 2 aliphatic rings. The van der Waals surface area contributed by atoms with Gasteiger partial charge in [-0.05, 0) is 18.9 Å². The molecule has 5 heteroatoms. The number of morpholine rings is 1. The molecule has 1 saturated heterocycles. The zero-order valence-electron chi connectivity index (χ0n) is 11.3. The van der Waals surface area contributed by atoms with Crippen molar-refractivity contribution in [1.82, 2.24) is 4.98 Å². The van der Waals surface area contributed by atoms with Gasteiger partial charge in [0.1, 0.15) is 0 Å². The van der Waals surface area contributed by atoms with Crippen molar-refractivity contribution < 1.29 is 9.47 Å². The summed E-state index contributed by atoms with van der Waals surface area (Å²) in [7, 11) is 1.63. The number of aromatic nitrogens is 1. The van der Waals surface area contributed by atoms with Gasteiger partial charge in [0.25, 0.3) is 0 Å². The van der Waals surface area contributed by atoms with Crippen LogP contribution in [0.2, 0.25) is 0 Å². The second-order valence-electron chi connectivity index (χ2n) is 5.22. The van der Waals surface area contributed by atoms with Gasteiger partial charge in [0, 0.05) is 12.6 Å². The minimum absolute atomic E-state index is 0.329. The Morgan fingerprint density at radius 3 is 3.05 bits per heavy atom. The Balaban J connectivity index is 1.91. The molecule has 2 heterocycles. The van der Waals surface area contributed by atoms with Gasteiger partial charge in [-0.15, -0.1) is 0 Å². The Labute approximate surface area is 113 Å². The number of nitrogen functional groups attached to an aromatic ring is 1. The lowest BCUT2D eigenvalue weighted by Crippen LogP contribution is -2.53. The second-order valence-corrected chi connectivity index (χ2v) is 5.22. The van der Waals surface area contributed by atoms with Crippen molar-refractivity contribution in [3.63, 3.8) is 0 Å². The maximum Gasteiger partial charge on any atom is 0.215 e. The van der Waals surface area contributed by atoms with Crippen molar-refractivity contribution in [2.45, 2.75) is 37.8 Å². The monoisotopic (exact) mass is 263 g/mol. The topological polar surface area (TPSA) is 60.6 Å². The largest absolute Gasteiger partial charge is 0.481 e. The zero-order chi connectivity index (χ0) is 13.2. The number of rotatable bonds is 2. The van der Waals surface area contributed by atoms with Crippen LogP contribution < -0.4 is 15.4 Å². The van der Waals surface area contributed by atoms with E-state index in [4.69, 9.17) is 15.2 Å². The van der Waals surface area contributed by atoms with Crippen LogP contribution in [0.25, 0.3) is 0 Å². The van der Waals surface area contributed by atoms with Crippen molar-refractivity contribution in [2.24, 2.45) is 0 Å². The van der Waals surface area contributed by atoms with E-state index >= 15 is 0 Å². The maximum atomic E-state index is 6.10. The average Bonchev–Trinajstić information content (AvgIpc) is 2.47. The normalized spacial score (nSPS) is 26.9. The minimum atomic E-state index is 0.329. The summed E-state index contributed by atoms with van der Waals surface area (Å²) >= 11 is 0. The van der Waals surface area contributed by atoms with Crippen molar-refractivity contribution >= 4 is 11.5 Å². The summed E-state index contributed by atoms with van der Waals surface area (Å²) in [4.78, 5) is 6.84. The molecule has 0 bridgehead atoms. The van der Waals surface area contributed by atoms with E-state index in [-0.39, 0.29) is 0 Å². The molecule has 2 unspecified atom stereocenters. The molecule has 2 fully saturated rings. The standard InChI is InChI=1S/C14H21N3O2/c1-18-13-7-6-10(15)14(16-13)17-8-9-19-12-5-3-2-4-11(12)17/h6-7,11-12H,2-5,8-9,15H2,1H3. The molecule has 1 saturated carbocycles. The third kappa shape index (κ3) is 2.34. The van der Waals surface area contributed by atoms with Crippen molar-refractivity contribution in [1.29, 1.82) is 0 Å². The molecule has 19 heavy (non-hydrogen) atoms. The van der Waals surface area contributed by atoms with Crippen LogP contribution in [-0.2, 0) is 4.74 Å². The molecule has 0 amide bonds. The number of hydrogen-bond acceptors (Lipinski definition) is 5. The molecule has 0 spiro atoms. The zero-order valence-corrected chi connectivity index (χ0v) is 11.3. The molecule has 0 radical (unpaired) electrons. The van der Waals surface area contributed by atoms with E-state index < -0.39 is 0 Å². The number of ether oxygens (including phenoxy) is 2. The highest BCUT2D eigenvalue weighted by atomic mass is 16.5. The fourth-order valence-electron chi connectivity index (χ4n) is 3.14. The van der Waals surface area contributed by atoms with Crippen LogP contribution in [0.1, 0.15) is 25.7 Å². The SMILES string of the molecule is COc1ccc(N)c(N2CCOC3CCCCC32)n1. The molecule has 5 nitrogen and oxygen atoms in total. The predicted octanol–water partition coefficient (Wildman–Crippen LogP) is 1.82. The number of nitrogens with zero attached hydrogens (tertiary/aromatic N) is 2. The van der Waals surface area contributed by atoms with Gasteiger partial charge in [-0.1, -0.05) is 12.8 Å². The first-order chi connectivity index (χ1) is 9.29. The van der Waals surface area contributed by atoms with Crippen LogP contribution in [0.4, 0.5) is 11.5 Å². The molecule has 2 N–H and O–H groups in total. The van der Waals surface area contributed by atoms with Crippen molar-refractivity contribution in [2.75, 3.05) is 30.9 Å². The van der Waals surface area contributed by atoms with E-state index in [9.17, 15) is 0 Å². The number of pyridine rings is 1. The number of fused-ring (bicyclic) bond motifs is 1. The first kappa shape index (κ1) is 12.5. The van der Waals surface area contributed by atoms with Crippen LogP contribution in [0, 0.1) is 0 Å². The van der Waals surface area contributed by atoms with E-state index in [0.29, 0.717) is 23.7 Å².